The molecule has 13 heavy (non-hydrogen) atoms. The Morgan fingerprint density at radius 2 is 2.15 bits per heavy atom. The Balaban J connectivity index is 2.59. The molecule has 1 aromatic rings. The number of aromatic nitrogens is 2. The Morgan fingerprint density at radius 3 is 2.69 bits per heavy atom. The molecule has 4 nitrogen and oxygen atoms in total. The van der Waals surface area contributed by atoms with Gasteiger partial charge in [0.25, 0.3) is 0 Å². The van der Waals surface area contributed by atoms with E-state index in [9.17, 15) is 4.79 Å². The molecule has 5 heteroatoms. The highest BCUT2D eigenvalue weighted by molar-refractivity contribution is 9.10. The molecule has 0 fully saturated rings. The monoisotopic (exact) mass is 242 g/mol. The lowest BCUT2D eigenvalue weighted by Crippen LogP contribution is -1.90. The molecule has 0 saturated carbocycles. The molecular weight excluding hydrogens is 236 g/mol. The number of hydrogen-bond acceptors (Lipinski definition) is 3. The molecule has 1 rings (SSSR count). The van der Waals surface area contributed by atoms with E-state index in [0.717, 1.165) is 4.47 Å². The van der Waals surface area contributed by atoms with Crippen molar-refractivity contribution in [2.45, 2.75) is 6.42 Å². The van der Waals surface area contributed by atoms with Gasteiger partial charge in [0.15, 0.2) is 5.82 Å². The van der Waals surface area contributed by atoms with Gasteiger partial charge in [-0.15, -0.1) is 0 Å². The number of nitrogens with zero attached hydrogens (tertiary/aromatic N) is 2. The van der Waals surface area contributed by atoms with Crippen LogP contribution in [0.2, 0.25) is 0 Å². The van der Waals surface area contributed by atoms with Gasteiger partial charge in [-0.2, -0.15) is 0 Å². The van der Waals surface area contributed by atoms with E-state index in [1.807, 2.05) is 0 Å². The number of rotatable bonds is 3. The molecule has 0 aliphatic rings. The summed E-state index contributed by atoms with van der Waals surface area (Å²) in [4.78, 5) is 18.0. The Labute approximate surface area is 83.5 Å². The summed E-state index contributed by atoms with van der Waals surface area (Å²) in [6.07, 6.45) is 6.27. The minimum absolute atomic E-state index is 0.0145. The fraction of sp³-hybridized carbons (Fsp3) is 0.125. The predicted octanol–water partition coefficient (Wildman–Crippen LogP) is 1.73. The summed E-state index contributed by atoms with van der Waals surface area (Å²) in [7, 11) is 0. The second-order valence-corrected chi connectivity index (χ2v) is 3.18. The summed E-state index contributed by atoms with van der Waals surface area (Å²) >= 11 is 3.19. The lowest BCUT2D eigenvalue weighted by atomic mass is 10.4. The molecule has 0 saturated heterocycles. The lowest BCUT2D eigenvalue weighted by molar-refractivity contribution is -0.135. The van der Waals surface area contributed by atoms with Crippen LogP contribution in [0.1, 0.15) is 12.2 Å². The van der Waals surface area contributed by atoms with Gasteiger partial charge in [0, 0.05) is 12.4 Å². The van der Waals surface area contributed by atoms with Crippen molar-refractivity contribution >= 4 is 28.0 Å². The molecule has 0 spiro atoms. The van der Waals surface area contributed by atoms with Crippen LogP contribution in [0.5, 0.6) is 0 Å². The van der Waals surface area contributed by atoms with Gasteiger partial charge in [-0.1, -0.05) is 6.08 Å². The van der Waals surface area contributed by atoms with E-state index in [1.54, 1.807) is 18.5 Å². The van der Waals surface area contributed by atoms with Crippen LogP contribution in [0.3, 0.4) is 0 Å². The summed E-state index contributed by atoms with van der Waals surface area (Å²) in [5.41, 5.74) is 0. The lowest BCUT2D eigenvalue weighted by Gasteiger charge is -1.90. The first-order valence-corrected chi connectivity index (χ1v) is 4.33. The second kappa shape index (κ2) is 4.71. The Bertz CT molecular complexity index is 321. The molecule has 0 aliphatic carbocycles. The average molecular weight is 243 g/mol. The summed E-state index contributed by atoms with van der Waals surface area (Å²) in [6.45, 7) is 0. The summed E-state index contributed by atoms with van der Waals surface area (Å²) in [6, 6.07) is 0. The van der Waals surface area contributed by atoms with Crippen molar-refractivity contribution in [3.63, 3.8) is 0 Å². The fourth-order valence-corrected chi connectivity index (χ4v) is 0.878. The normalized spacial score (nSPS) is 10.5. The van der Waals surface area contributed by atoms with E-state index in [4.69, 9.17) is 5.11 Å². The van der Waals surface area contributed by atoms with Crippen LogP contribution in [0.15, 0.2) is 22.9 Å². The highest BCUT2D eigenvalue weighted by Gasteiger charge is 1.92. The number of carboxylic acid groups (broad SMARTS) is 1. The zero-order chi connectivity index (χ0) is 9.68. The number of carboxylic acids is 1. The number of carbonyl (C=O) groups is 1. The molecule has 68 valence electrons. The maximum absolute atomic E-state index is 10.1. The smallest absolute Gasteiger partial charge is 0.307 e. The summed E-state index contributed by atoms with van der Waals surface area (Å²) < 4.78 is 0.794. The molecule has 0 aliphatic heterocycles. The van der Waals surface area contributed by atoms with E-state index < -0.39 is 5.97 Å². The molecule has 1 N–H and O–H groups in total. The van der Waals surface area contributed by atoms with Gasteiger partial charge in [-0.3, -0.25) is 4.79 Å². The van der Waals surface area contributed by atoms with Gasteiger partial charge in [0.2, 0.25) is 0 Å². The third-order valence-corrected chi connectivity index (χ3v) is 1.61. The molecule has 0 unspecified atom stereocenters. The first-order chi connectivity index (χ1) is 6.18. The van der Waals surface area contributed by atoms with Crippen molar-refractivity contribution < 1.29 is 9.90 Å². The molecule has 1 aromatic heterocycles. The van der Waals surface area contributed by atoms with Crippen LogP contribution >= 0.6 is 15.9 Å². The minimum Gasteiger partial charge on any atom is -0.481 e. The van der Waals surface area contributed by atoms with Crippen LogP contribution in [0.25, 0.3) is 6.08 Å². The molecule has 0 bridgehead atoms. The van der Waals surface area contributed by atoms with Gasteiger partial charge in [-0.25, -0.2) is 9.97 Å². The van der Waals surface area contributed by atoms with Crippen molar-refractivity contribution in [3.05, 3.63) is 28.8 Å². The largest absolute Gasteiger partial charge is 0.481 e. The van der Waals surface area contributed by atoms with E-state index in [1.165, 1.54) is 6.08 Å². The predicted molar refractivity (Wildman–Crippen MR) is 51.0 cm³/mol. The molecule has 0 radical (unpaired) electrons. The van der Waals surface area contributed by atoms with Crippen LogP contribution in [0.4, 0.5) is 0 Å². The Kier molecular flexibility index (Phi) is 3.57. The second-order valence-electron chi connectivity index (χ2n) is 2.26. The van der Waals surface area contributed by atoms with E-state index in [0.29, 0.717) is 5.82 Å². The van der Waals surface area contributed by atoms with E-state index in [-0.39, 0.29) is 6.42 Å². The van der Waals surface area contributed by atoms with Crippen LogP contribution in [-0.4, -0.2) is 21.0 Å². The van der Waals surface area contributed by atoms with Crippen molar-refractivity contribution in [2.24, 2.45) is 0 Å². The highest BCUT2D eigenvalue weighted by atomic mass is 79.9. The van der Waals surface area contributed by atoms with Gasteiger partial charge >= 0.3 is 5.97 Å². The van der Waals surface area contributed by atoms with E-state index >= 15 is 0 Å². The minimum atomic E-state index is -0.867. The first-order valence-electron chi connectivity index (χ1n) is 3.54. The maximum atomic E-state index is 10.1. The van der Waals surface area contributed by atoms with Crippen molar-refractivity contribution in [1.29, 1.82) is 0 Å². The SMILES string of the molecule is O=C(O)CC=Cc1ncc(Br)cn1. The quantitative estimate of drug-likeness (QED) is 0.877. The zero-order valence-corrected chi connectivity index (χ0v) is 8.23. The standard InChI is InChI=1S/C8H7BrN2O2/c9-6-4-10-7(11-5-6)2-1-3-8(12)13/h1-2,4-5H,3H2,(H,12,13). The van der Waals surface area contributed by atoms with Gasteiger partial charge in [-0.05, 0) is 22.0 Å². The fourth-order valence-electron chi connectivity index (χ4n) is 0.673. The van der Waals surface area contributed by atoms with Gasteiger partial charge in [0.05, 0.1) is 10.9 Å². The zero-order valence-electron chi connectivity index (χ0n) is 6.64. The van der Waals surface area contributed by atoms with Crippen LogP contribution < -0.4 is 0 Å². The van der Waals surface area contributed by atoms with Crippen molar-refractivity contribution in [2.75, 3.05) is 0 Å². The molecule has 0 aromatic carbocycles. The molecule has 1 heterocycles. The average Bonchev–Trinajstić information content (AvgIpc) is 2.08. The summed E-state index contributed by atoms with van der Waals surface area (Å²) in [5, 5.41) is 8.34. The number of aliphatic carboxylic acids is 1. The first kappa shape index (κ1) is 9.85. The Morgan fingerprint density at radius 1 is 1.54 bits per heavy atom. The van der Waals surface area contributed by atoms with E-state index in [2.05, 4.69) is 25.9 Å². The topological polar surface area (TPSA) is 63.1 Å². The molecular formula is C8H7BrN2O2. The van der Waals surface area contributed by atoms with Crippen molar-refractivity contribution in [1.82, 2.24) is 9.97 Å². The Hall–Kier alpha value is -1.23. The van der Waals surface area contributed by atoms with Gasteiger partial charge in [0.1, 0.15) is 0 Å². The molecule has 0 atom stereocenters. The third kappa shape index (κ3) is 3.80. The highest BCUT2D eigenvalue weighted by Crippen LogP contribution is 2.05. The van der Waals surface area contributed by atoms with Gasteiger partial charge < -0.3 is 5.11 Å². The van der Waals surface area contributed by atoms with Crippen LogP contribution in [0, 0.1) is 0 Å². The summed E-state index contributed by atoms with van der Waals surface area (Å²) in [5.74, 6) is -0.363. The number of halogens is 1. The molecule has 0 amide bonds. The van der Waals surface area contributed by atoms with Crippen molar-refractivity contribution in [3.8, 4) is 0 Å². The number of hydrogen-bond donors (Lipinski definition) is 1. The third-order valence-electron chi connectivity index (χ3n) is 1.20. The van der Waals surface area contributed by atoms with Crippen LogP contribution in [-0.2, 0) is 4.79 Å². The maximum Gasteiger partial charge on any atom is 0.307 e.